The predicted molar refractivity (Wildman–Crippen MR) is 64.2 cm³/mol. The monoisotopic (exact) mass is 228 g/mol. The molecule has 0 aromatic rings. The lowest BCUT2D eigenvalue weighted by Gasteiger charge is -2.37. The van der Waals surface area contributed by atoms with Crippen molar-refractivity contribution in [3.8, 4) is 0 Å². The summed E-state index contributed by atoms with van der Waals surface area (Å²) in [6, 6.07) is 0.167. The number of piperidine rings is 1. The second-order valence-corrected chi connectivity index (χ2v) is 5.09. The van der Waals surface area contributed by atoms with Gasteiger partial charge in [0.1, 0.15) is 0 Å². The van der Waals surface area contributed by atoms with E-state index in [-0.39, 0.29) is 18.2 Å². The summed E-state index contributed by atoms with van der Waals surface area (Å²) in [6.07, 6.45) is 3.00. The van der Waals surface area contributed by atoms with E-state index in [1.807, 2.05) is 20.8 Å². The quantitative estimate of drug-likeness (QED) is 0.803. The van der Waals surface area contributed by atoms with Crippen molar-refractivity contribution >= 4 is 6.09 Å². The highest BCUT2D eigenvalue weighted by Gasteiger charge is 2.30. The fourth-order valence-corrected chi connectivity index (χ4v) is 2.05. The molecule has 2 atom stereocenters. The Bertz CT molecular complexity index is 229. The summed E-state index contributed by atoms with van der Waals surface area (Å²) in [4.78, 5) is 13.7. The molecule has 1 fully saturated rings. The normalized spacial score (nSPS) is 23.3. The van der Waals surface area contributed by atoms with Crippen molar-refractivity contribution in [1.82, 2.24) is 4.90 Å². The summed E-state index contributed by atoms with van der Waals surface area (Å²) in [5.41, 5.74) is 5.90. The molecule has 1 rings (SSSR count). The van der Waals surface area contributed by atoms with Crippen LogP contribution in [0, 0.1) is 5.92 Å². The number of hydrogen-bond acceptors (Lipinski definition) is 3. The molecule has 0 bridgehead atoms. The maximum absolute atomic E-state index is 11.9. The van der Waals surface area contributed by atoms with Gasteiger partial charge in [0.2, 0.25) is 0 Å². The van der Waals surface area contributed by atoms with Gasteiger partial charge in [-0.05, 0) is 32.1 Å². The molecular formula is C12H24N2O2. The largest absolute Gasteiger partial charge is 0.449 e. The third kappa shape index (κ3) is 3.67. The predicted octanol–water partition coefficient (Wildman–Crippen LogP) is 1.98. The van der Waals surface area contributed by atoms with Crippen LogP contribution in [-0.4, -0.2) is 36.2 Å². The summed E-state index contributed by atoms with van der Waals surface area (Å²) >= 11 is 0. The van der Waals surface area contributed by atoms with Crippen LogP contribution < -0.4 is 5.73 Å². The first-order valence-electron chi connectivity index (χ1n) is 6.21. The van der Waals surface area contributed by atoms with Crippen LogP contribution in [0.2, 0.25) is 0 Å². The van der Waals surface area contributed by atoms with Crippen molar-refractivity contribution in [2.75, 3.05) is 13.2 Å². The number of nitrogens with two attached hydrogens (primary N) is 1. The van der Waals surface area contributed by atoms with Crippen molar-refractivity contribution in [2.24, 2.45) is 11.7 Å². The van der Waals surface area contributed by atoms with Gasteiger partial charge in [-0.2, -0.15) is 0 Å². The Balaban J connectivity index is 2.50. The summed E-state index contributed by atoms with van der Waals surface area (Å²) in [6.45, 7) is 7.29. The minimum absolute atomic E-state index is 0.0203. The second-order valence-electron chi connectivity index (χ2n) is 5.09. The molecule has 0 aliphatic carbocycles. The zero-order valence-electron chi connectivity index (χ0n) is 10.6. The SMILES string of the molecule is CC(C)COC(=O)N1CCCCC1C(C)N. The Morgan fingerprint density at radius 3 is 2.69 bits per heavy atom. The van der Waals surface area contributed by atoms with Crippen LogP contribution in [0.15, 0.2) is 0 Å². The van der Waals surface area contributed by atoms with Crippen molar-refractivity contribution in [2.45, 2.75) is 52.1 Å². The number of hydrogen-bond donors (Lipinski definition) is 1. The number of nitrogens with zero attached hydrogens (tertiary/aromatic N) is 1. The van der Waals surface area contributed by atoms with Crippen molar-refractivity contribution in [3.63, 3.8) is 0 Å². The van der Waals surface area contributed by atoms with E-state index in [0.29, 0.717) is 12.5 Å². The lowest BCUT2D eigenvalue weighted by molar-refractivity contribution is 0.0606. The Morgan fingerprint density at radius 1 is 1.44 bits per heavy atom. The van der Waals surface area contributed by atoms with Crippen LogP contribution in [0.1, 0.15) is 40.0 Å². The standard InChI is InChI=1S/C12H24N2O2/c1-9(2)8-16-12(15)14-7-5-4-6-11(14)10(3)13/h9-11H,4-8,13H2,1-3H3. The third-order valence-electron chi connectivity index (χ3n) is 2.93. The summed E-state index contributed by atoms with van der Waals surface area (Å²) in [5.74, 6) is 0.377. The van der Waals surface area contributed by atoms with Gasteiger partial charge in [-0.25, -0.2) is 4.79 Å². The minimum atomic E-state index is -0.198. The molecule has 1 aliphatic rings. The first-order chi connectivity index (χ1) is 7.52. The van der Waals surface area contributed by atoms with Gasteiger partial charge < -0.3 is 15.4 Å². The lowest BCUT2D eigenvalue weighted by atomic mass is 9.97. The Morgan fingerprint density at radius 2 is 2.12 bits per heavy atom. The highest BCUT2D eigenvalue weighted by molar-refractivity contribution is 5.68. The number of likely N-dealkylation sites (tertiary alicyclic amines) is 1. The van der Waals surface area contributed by atoms with Gasteiger partial charge in [0.25, 0.3) is 0 Å². The van der Waals surface area contributed by atoms with Gasteiger partial charge in [0, 0.05) is 18.6 Å². The first-order valence-corrected chi connectivity index (χ1v) is 6.21. The van der Waals surface area contributed by atoms with E-state index in [1.54, 1.807) is 4.90 Å². The van der Waals surface area contributed by atoms with Gasteiger partial charge >= 0.3 is 6.09 Å². The number of carbonyl (C=O) groups excluding carboxylic acids is 1. The fourth-order valence-electron chi connectivity index (χ4n) is 2.05. The van der Waals surface area contributed by atoms with Crippen LogP contribution in [0.5, 0.6) is 0 Å². The number of carbonyl (C=O) groups is 1. The van der Waals surface area contributed by atoms with E-state index in [2.05, 4.69) is 0 Å². The van der Waals surface area contributed by atoms with Crippen LogP contribution in [-0.2, 0) is 4.74 Å². The van der Waals surface area contributed by atoms with E-state index in [4.69, 9.17) is 10.5 Å². The van der Waals surface area contributed by atoms with E-state index in [1.165, 1.54) is 0 Å². The molecule has 0 aromatic heterocycles. The molecule has 1 heterocycles. The molecule has 2 N–H and O–H groups in total. The molecule has 16 heavy (non-hydrogen) atoms. The van der Waals surface area contributed by atoms with Gasteiger partial charge in [0.15, 0.2) is 0 Å². The van der Waals surface area contributed by atoms with Gasteiger partial charge in [-0.3, -0.25) is 0 Å². The highest BCUT2D eigenvalue weighted by Crippen LogP contribution is 2.20. The van der Waals surface area contributed by atoms with Crippen LogP contribution in [0.3, 0.4) is 0 Å². The number of amides is 1. The highest BCUT2D eigenvalue weighted by atomic mass is 16.6. The zero-order valence-corrected chi connectivity index (χ0v) is 10.6. The molecule has 1 amide bonds. The van der Waals surface area contributed by atoms with E-state index >= 15 is 0 Å². The van der Waals surface area contributed by atoms with Crippen LogP contribution in [0.25, 0.3) is 0 Å². The number of rotatable bonds is 3. The lowest BCUT2D eigenvalue weighted by Crippen LogP contribution is -2.52. The minimum Gasteiger partial charge on any atom is -0.449 e. The summed E-state index contributed by atoms with van der Waals surface area (Å²) < 4.78 is 5.25. The third-order valence-corrected chi connectivity index (χ3v) is 2.93. The molecule has 2 unspecified atom stereocenters. The van der Waals surface area contributed by atoms with E-state index in [9.17, 15) is 4.79 Å². The Hall–Kier alpha value is -0.770. The van der Waals surface area contributed by atoms with Gasteiger partial charge in [-0.15, -0.1) is 0 Å². The Kier molecular flexibility index (Phi) is 5.06. The number of ether oxygens (including phenoxy) is 1. The van der Waals surface area contributed by atoms with Crippen molar-refractivity contribution in [3.05, 3.63) is 0 Å². The molecule has 0 radical (unpaired) electrons. The van der Waals surface area contributed by atoms with Crippen LogP contribution >= 0.6 is 0 Å². The smallest absolute Gasteiger partial charge is 0.410 e. The van der Waals surface area contributed by atoms with E-state index in [0.717, 1.165) is 25.8 Å². The Labute approximate surface area is 98.1 Å². The molecule has 4 nitrogen and oxygen atoms in total. The second kappa shape index (κ2) is 6.09. The topological polar surface area (TPSA) is 55.6 Å². The van der Waals surface area contributed by atoms with Crippen molar-refractivity contribution < 1.29 is 9.53 Å². The summed E-state index contributed by atoms with van der Waals surface area (Å²) in [5, 5.41) is 0. The van der Waals surface area contributed by atoms with Crippen LogP contribution in [0.4, 0.5) is 4.79 Å². The first kappa shape index (κ1) is 13.3. The zero-order chi connectivity index (χ0) is 12.1. The molecular weight excluding hydrogens is 204 g/mol. The van der Waals surface area contributed by atoms with Gasteiger partial charge in [0.05, 0.1) is 6.61 Å². The molecule has 0 aromatic carbocycles. The maximum atomic E-state index is 11.9. The van der Waals surface area contributed by atoms with E-state index < -0.39 is 0 Å². The molecule has 94 valence electrons. The fraction of sp³-hybridized carbons (Fsp3) is 0.917. The molecule has 1 saturated heterocycles. The molecule has 4 heteroatoms. The average molecular weight is 228 g/mol. The molecule has 0 spiro atoms. The molecule has 0 saturated carbocycles. The van der Waals surface area contributed by atoms with Gasteiger partial charge in [-0.1, -0.05) is 13.8 Å². The summed E-state index contributed by atoms with van der Waals surface area (Å²) in [7, 11) is 0. The van der Waals surface area contributed by atoms with Crippen molar-refractivity contribution in [1.29, 1.82) is 0 Å². The average Bonchev–Trinajstić information content (AvgIpc) is 2.25. The maximum Gasteiger partial charge on any atom is 0.410 e. The molecule has 1 aliphatic heterocycles.